The Labute approximate surface area is 136 Å². The lowest BCUT2D eigenvalue weighted by Crippen LogP contribution is -1.99. The topological polar surface area (TPSA) is 90.9 Å². The number of phenolic OH excluding ortho intramolecular Hbond substituents is 3. The van der Waals surface area contributed by atoms with Gasteiger partial charge in [0.25, 0.3) is 0 Å². The molecule has 0 bridgehead atoms. The largest absolute Gasteiger partial charge is 0.504 e. The minimum Gasteiger partial charge on any atom is -0.504 e. The van der Waals surface area contributed by atoms with Gasteiger partial charge in [0.2, 0.25) is 5.75 Å². The van der Waals surface area contributed by atoms with Crippen LogP contribution in [0.2, 0.25) is 0 Å². The molecule has 0 amide bonds. The lowest BCUT2D eigenvalue weighted by molar-refractivity contribution is 0.370. The molecule has 0 atom stereocenters. The number of hydrogen-bond acceptors (Lipinski definition) is 5. The first-order valence-electron chi connectivity index (χ1n) is 7.26. The summed E-state index contributed by atoms with van der Waals surface area (Å²) < 4.78 is 5.67. The summed E-state index contributed by atoms with van der Waals surface area (Å²) in [4.78, 5) is 11.7. The number of fused-ring (bicyclic) bond motifs is 2. The second-order valence-corrected chi connectivity index (χ2v) is 5.47. The zero-order chi connectivity index (χ0) is 16.8. The number of hydrogen-bond donors (Lipinski definition) is 3. The molecule has 3 N–H and O–H groups in total. The molecule has 0 unspecified atom stereocenters. The lowest BCUT2D eigenvalue weighted by atomic mass is 9.93. The fourth-order valence-electron chi connectivity index (χ4n) is 2.89. The maximum Gasteiger partial charge on any atom is 0.201 e. The third-order valence-electron chi connectivity index (χ3n) is 3.97. The van der Waals surface area contributed by atoms with Gasteiger partial charge in [-0.05, 0) is 17.7 Å². The molecular weight excluding hydrogens is 308 g/mol. The maximum absolute atomic E-state index is 11.7. The lowest BCUT2D eigenvalue weighted by Gasteiger charge is -2.16. The molecule has 0 radical (unpaired) electrons. The van der Waals surface area contributed by atoms with Crippen molar-refractivity contribution in [2.75, 3.05) is 0 Å². The highest BCUT2D eigenvalue weighted by Crippen LogP contribution is 2.49. The first-order chi connectivity index (χ1) is 11.6. The molecule has 2 aromatic carbocycles. The molecule has 5 heteroatoms. The smallest absolute Gasteiger partial charge is 0.201 e. The number of rotatable bonds is 1. The van der Waals surface area contributed by atoms with Crippen LogP contribution in [0, 0.1) is 0 Å². The fraction of sp³-hybridized carbons (Fsp3) is 0. The highest BCUT2D eigenvalue weighted by atomic mass is 16.3. The van der Waals surface area contributed by atoms with Crippen LogP contribution in [0.25, 0.3) is 33.4 Å². The van der Waals surface area contributed by atoms with Crippen LogP contribution >= 0.6 is 0 Å². The Kier molecular flexibility index (Phi) is 2.96. The van der Waals surface area contributed by atoms with Gasteiger partial charge in [-0.1, -0.05) is 30.3 Å². The summed E-state index contributed by atoms with van der Waals surface area (Å²) in [5.41, 5.74) is 1.97. The van der Waals surface area contributed by atoms with Gasteiger partial charge in [0, 0.05) is 23.3 Å². The summed E-state index contributed by atoms with van der Waals surface area (Å²) in [6, 6.07) is 14.8. The Morgan fingerprint density at radius 2 is 1.58 bits per heavy atom. The molecule has 0 saturated heterocycles. The monoisotopic (exact) mass is 320 g/mol. The van der Waals surface area contributed by atoms with Crippen LogP contribution in [0.5, 0.6) is 17.2 Å². The standard InChI is InChI=1S/C19H12O5/c20-11-6-7-12-14(8-11)24-15-9-13(21)18(22)19(23)17(15)16(12)10-4-2-1-3-5-10/h1-9,21-23H. The first-order valence-corrected chi connectivity index (χ1v) is 7.26. The Hall–Kier alpha value is -3.47. The van der Waals surface area contributed by atoms with Crippen molar-refractivity contribution < 1.29 is 19.7 Å². The van der Waals surface area contributed by atoms with Crippen LogP contribution < -0.4 is 5.43 Å². The van der Waals surface area contributed by atoms with E-state index in [2.05, 4.69) is 0 Å². The number of benzene rings is 3. The molecule has 24 heavy (non-hydrogen) atoms. The molecule has 0 fully saturated rings. The van der Waals surface area contributed by atoms with Crippen molar-refractivity contribution >= 4 is 11.0 Å². The minimum atomic E-state index is -0.616. The highest BCUT2D eigenvalue weighted by Gasteiger charge is 2.22. The summed E-state index contributed by atoms with van der Waals surface area (Å²) in [6.45, 7) is 0. The van der Waals surface area contributed by atoms with Crippen molar-refractivity contribution in [2.45, 2.75) is 0 Å². The van der Waals surface area contributed by atoms with Gasteiger partial charge >= 0.3 is 0 Å². The Morgan fingerprint density at radius 3 is 2.33 bits per heavy atom. The predicted molar refractivity (Wildman–Crippen MR) is 89.5 cm³/mol. The molecule has 0 saturated carbocycles. The minimum absolute atomic E-state index is 0.166. The van der Waals surface area contributed by atoms with Crippen LogP contribution in [0.4, 0.5) is 0 Å². The van der Waals surface area contributed by atoms with Crippen molar-refractivity contribution in [3.8, 4) is 39.7 Å². The van der Waals surface area contributed by atoms with E-state index in [-0.39, 0.29) is 16.4 Å². The van der Waals surface area contributed by atoms with E-state index in [1.807, 2.05) is 30.3 Å². The third kappa shape index (κ3) is 1.99. The molecule has 1 aliphatic carbocycles. The van der Waals surface area contributed by atoms with E-state index in [0.717, 1.165) is 5.56 Å². The van der Waals surface area contributed by atoms with Crippen molar-refractivity contribution in [1.82, 2.24) is 0 Å². The molecule has 0 aromatic heterocycles. The van der Waals surface area contributed by atoms with Gasteiger partial charge < -0.3 is 19.7 Å². The van der Waals surface area contributed by atoms with Crippen LogP contribution in [-0.4, -0.2) is 15.3 Å². The van der Waals surface area contributed by atoms with E-state index >= 15 is 0 Å². The predicted octanol–water partition coefficient (Wildman–Crippen LogP) is 3.68. The van der Waals surface area contributed by atoms with Gasteiger partial charge in [-0.25, -0.2) is 0 Å². The average molecular weight is 320 g/mol. The SMILES string of the molecule is O=c1ccc2c(-c3ccccc3)c3c(O)c(O)c(O)cc3oc-2c1. The van der Waals surface area contributed by atoms with Crippen LogP contribution in [0.15, 0.2) is 63.8 Å². The Balaban J connectivity index is 2.28. The Morgan fingerprint density at radius 1 is 0.833 bits per heavy atom. The molecule has 4 rings (SSSR count). The number of phenols is 3. The molecule has 1 heterocycles. The van der Waals surface area contributed by atoms with E-state index < -0.39 is 17.2 Å². The summed E-state index contributed by atoms with van der Waals surface area (Å²) in [5, 5.41) is 30.3. The van der Waals surface area contributed by atoms with E-state index in [1.165, 1.54) is 18.2 Å². The van der Waals surface area contributed by atoms with Gasteiger partial charge in [-0.2, -0.15) is 0 Å². The van der Waals surface area contributed by atoms with Gasteiger partial charge in [0.1, 0.15) is 11.3 Å². The second kappa shape index (κ2) is 5.03. The number of aromatic hydroxyl groups is 3. The first kappa shape index (κ1) is 14.1. The molecule has 2 aliphatic rings. The summed E-state index contributed by atoms with van der Waals surface area (Å²) >= 11 is 0. The van der Waals surface area contributed by atoms with Gasteiger partial charge in [0.05, 0.1) is 5.39 Å². The van der Waals surface area contributed by atoms with E-state index in [0.29, 0.717) is 16.9 Å². The summed E-state index contributed by atoms with van der Waals surface area (Å²) in [7, 11) is 0. The quantitative estimate of drug-likeness (QED) is 0.367. The average Bonchev–Trinajstić information content (AvgIpc) is 2.58. The van der Waals surface area contributed by atoms with Crippen molar-refractivity contribution in [1.29, 1.82) is 0 Å². The maximum atomic E-state index is 11.7. The third-order valence-corrected chi connectivity index (χ3v) is 3.97. The molecule has 118 valence electrons. The molecular formula is C19H12O5. The van der Waals surface area contributed by atoms with Gasteiger partial charge in [-0.3, -0.25) is 4.79 Å². The molecule has 5 nitrogen and oxygen atoms in total. The molecule has 1 aliphatic heterocycles. The van der Waals surface area contributed by atoms with E-state index in [4.69, 9.17) is 4.42 Å². The van der Waals surface area contributed by atoms with Gasteiger partial charge in [0.15, 0.2) is 16.9 Å². The van der Waals surface area contributed by atoms with Crippen LogP contribution in [0.3, 0.4) is 0 Å². The van der Waals surface area contributed by atoms with Crippen LogP contribution in [-0.2, 0) is 0 Å². The molecule has 2 aromatic rings. The van der Waals surface area contributed by atoms with Crippen molar-refractivity contribution in [2.24, 2.45) is 0 Å². The van der Waals surface area contributed by atoms with Crippen LogP contribution in [0.1, 0.15) is 0 Å². The normalized spacial score (nSPS) is 11.2. The van der Waals surface area contributed by atoms with E-state index in [9.17, 15) is 20.1 Å². The van der Waals surface area contributed by atoms with Crippen molar-refractivity contribution in [3.05, 3.63) is 64.8 Å². The fourth-order valence-corrected chi connectivity index (χ4v) is 2.89. The second-order valence-electron chi connectivity index (χ2n) is 5.47. The zero-order valence-corrected chi connectivity index (χ0v) is 12.4. The highest BCUT2D eigenvalue weighted by molar-refractivity contribution is 6.06. The van der Waals surface area contributed by atoms with E-state index in [1.54, 1.807) is 6.07 Å². The zero-order valence-electron chi connectivity index (χ0n) is 12.4. The van der Waals surface area contributed by atoms with Gasteiger partial charge in [-0.15, -0.1) is 0 Å². The Bertz CT molecular complexity index is 1100. The summed E-state index contributed by atoms with van der Waals surface area (Å²) in [6.07, 6.45) is 0. The summed E-state index contributed by atoms with van der Waals surface area (Å²) in [5.74, 6) is -1.26. The van der Waals surface area contributed by atoms with Crippen molar-refractivity contribution in [3.63, 3.8) is 0 Å². The molecule has 0 spiro atoms.